The second-order valence-corrected chi connectivity index (χ2v) is 4.40. The van der Waals surface area contributed by atoms with Gasteiger partial charge in [0.25, 0.3) is 0 Å². The molecule has 1 aromatic carbocycles. The summed E-state index contributed by atoms with van der Waals surface area (Å²) >= 11 is 0. The van der Waals surface area contributed by atoms with E-state index in [-0.39, 0.29) is 0 Å². The average molecular weight is 224 g/mol. The molecule has 0 radical (unpaired) electrons. The van der Waals surface area contributed by atoms with Crippen LogP contribution in [0.3, 0.4) is 0 Å². The second kappa shape index (κ2) is 4.22. The van der Waals surface area contributed by atoms with Gasteiger partial charge in [0.05, 0.1) is 0 Å². The molecule has 3 rings (SSSR count). The van der Waals surface area contributed by atoms with E-state index in [1.165, 1.54) is 22.2 Å². The molecule has 2 aromatic rings. The molecular weight excluding hydrogens is 208 g/mol. The lowest BCUT2D eigenvalue weighted by molar-refractivity contribution is 0.686. The first-order valence-electron chi connectivity index (χ1n) is 6.00. The van der Waals surface area contributed by atoms with Crippen molar-refractivity contribution >= 4 is 16.5 Å². The lowest BCUT2D eigenvalue weighted by atomic mass is 9.96. The van der Waals surface area contributed by atoms with Crippen LogP contribution in [-0.2, 0) is 0 Å². The van der Waals surface area contributed by atoms with E-state index >= 15 is 0 Å². The summed E-state index contributed by atoms with van der Waals surface area (Å²) in [6.07, 6.45) is 7.58. The van der Waals surface area contributed by atoms with Crippen molar-refractivity contribution in [1.29, 1.82) is 0 Å². The van der Waals surface area contributed by atoms with Crippen molar-refractivity contribution in [2.45, 2.75) is 12.5 Å². The Kier molecular flexibility index (Phi) is 2.57. The Hall–Kier alpha value is -1.80. The quantitative estimate of drug-likeness (QED) is 0.806. The van der Waals surface area contributed by atoms with E-state index in [2.05, 4.69) is 58.9 Å². The molecule has 1 heterocycles. The monoisotopic (exact) mass is 224 g/mol. The molecule has 0 amide bonds. The van der Waals surface area contributed by atoms with Gasteiger partial charge in [0.15, 0.2) is 0 Å². The largest absolute Gasteiger partial charge is 0.355 e. The smallest absolute Gasteiger partial charge is 0.0458 e. The first-order valence-corrected chi connectivity index (χ1v) is 6.00. The molecule has 1 unspecified atom stereocenters. The number of rotatable bonds is 2. The topological polar surface area (TPSA) is 27.8 Å². The number of para-hydroxylation sites is 1. The predicted molar refractivity (Wildman–Crippen MR) is 72.9 cm³/mol. The third kappa shape index (κ3) is 1.81. The number of fused-ring (bicyclic) bond motifs is 1. The molecule has 0 saturated carbocycles. The Bertz CT molecular complexity index is 557. The summed E-state index contributed by atoms with van der Waals surface area (Å²) in [7, 11) is 2.01. The fourth-order valence-electron chi connectivity index (χ4n) is 2.41. The molecule has 0 saturated heterocycles. The van der Waals surface area contributed by atoms with Gasteiger partial charge in [-0.2, -0.15) is 0 Å². The van der Waals surface area contributed by atoms with Crippen LogP contribution in [0, 0.1) is 0 Å². The van der Waals surface area contributed by atoms with E-state index in [0.717, 1.165) is 6.42 Å². The average Bonchev–Trinajstić information content (AvgIpc) is 2.82. The Morgan fingerprint density at radius 1 is 1.29 bits per heavy atom. The van der Waals surface area contributed by atoms with Crippen LogP contribution in [0.25, 0.3) is 16.5 Å². The zero-order valence-corrected chi connectivity index (χ0v) is 9.90. The Morgan fingerprint density at radius 3 is 3.00 bits per heavy atom. The molecule has 2 nitrogen and oxygen atoms in total. The number of allylic oxidation sites excluding steroid dienone is 2. The van der Waals surface area contributed by atoms with Crippen molar-refractivity contribution < 1.29 is 0 Å². The molecular formula is C15H16N2. The summed E-state index contributed by atoms with van der Waals surface area (Å²) in [6, 6.07) is 11.0. The lowest BCUT2D eigenvalue weighted by Gasteiger charge is -2.19. The maximum absolute atomic E-state index is 3.49. The van der Waals surface area contributed by atoms with Crippen LogP contribution in [0.5, 0.6) is 0 Å². The molecule has 86 valence electrons. The van der Waals surface area contributed by atoms with Gasteiger partial charge >= 0.3 is 0 Å². The van der Waals surface area contributed by atoms with Gasteiger partial charge in [-0.3, -0.25) is 0 Å². The van der Waals surface area contributed by atoms with E-state index in [4.69, 9.17) is 0 Å². The molecule has 0 aliphatic heterocycles. The van der Waals surface area contributed by atoms with Gasteiger partial charge < -0.3 is 10.3 Å². The summed E-state index contributed by atoms with van der Waals surface area (Å²) in [5.74, 6) is 0. The number of nitrogens with one attached hydrogen (secondary N) is 2. The highest BCUT2D eigenvalue weighted by Crippen LogP contribution is 2.26. The van der Waals surface area contributed by atoms with Gasteiger partial charge in [0.1, 0.15) is 0 Å². The molecule has 0 spiro atoms. The highest BCUT2D eigenvalue weighted by atomic mass is 14.9. The summed E-state index contributed by atoms with van der Waals surface area (Å²) in [4.78, 5) is 3.49. The van der Waals surface area contributed by atoms with Crippen LogP contribution in [0.1, 0.15) is 12.1 Å². The number of benzene rings is 1. The summed E-state index contributed by atoms with van der Waals surface area (Å²) in [5.41, 5.74) is 3.76. The number of hydrogen-bond donors (Lipinski definition) is 2. The van der Waals surface area contributed by atoms with E-state index in [9.17, 15) is 0 Å². The van der Waals surface area contributed by atoms with E-state index < -0.39 is 0 Å². The maximum atomic E-state index is 3.49. The van der Waals surface area contributed by atoms with Crippen molar-refractivity contribution in [3.05, 3.63) is 54.3 Å². The molecule has 2 heteroatoms. The van der Waals surface area contributed by atoms with Crippen LogP contribution in [0.4, 0.5) is 0 Å². The fourth-order valence-corrected chi connectivity index (χ4v) is 2.41. The minimum Gasteiger partial charge on any atom is -0.355 e. The molecule has 1 aromatic heterocycles. The first-order chi connectivity index (χ1) is 8.38. The van der Waals surface area contributed by atoms with Gasteiger partial charge in [-0.05, 0) is 36.6 Å². The summed E-state index contributed by atoms with van der Waals surface area (Å²) in [5, 5.41) is 4.63. The van der Waals surface area contributed by atoms with Crippen molar-refractivity contribution in [1.82, 2.24) is 10.3 Å². The number of hydrogen-bond acceptors (Lipinski definition) is 1. The van der Waals surface area contributed by atoms with Crippen molar-refractivity contribution in [2.24, 2.45) is 0 Å². The standard InChI is InChI=1S/C15H16N2/c1-16-14-9-5-3-7-12(14)15-10-11-6-2-4-8-13(11)17-15/h2-8,10,14,16-17H,9H2,1H3. The van der Waals surface area contributed by atoms with Gasteiger partial charge in [-0.15, -0.1) is 0 Å². The molecule has 2 N–H and O–H groups in total. The highest BCUT2D eigenvalue weighted by molar-refractivity contribution is 5.86. The fraction of sp³-hybridized carbons (Fsp3) is 0.200. The Labute approximate surface area is 101 Å². The van der Waals surface area contributed by atoms with Gasteiger partial charge in [0.2, 0.25) is 0 Å². The minimum atomic E-state index is 0.410. The normalized spacial score (nSPS) is 19.6. The van der Waals surface area contributed by atoms with Gasteiger partial charge in [-0.25, -0.2) is 0 Å². The minimum absolute atomic E-state index is 0.410. The second-order valence-electron chi connectivity index (χ2n) is 4.40. The number of aromatic nitrogens is 1. The maximum Gasteiger partial charge on any atom is 0.0458 e. The Morgan fingerprint density at radius 2 is 2.18 bits per heavy atom. The van der Waals surface area contributed by atoms with Gasteiger partial charge in [0, 0.05) is 17.3 Å². The van der Waals surface area contributed by atoms with Crippen molar-refractivity contribution in [3.8, 4) is 0 Å². The van der Waals surface area contributed by atoms with E-state index in [1.807, 2.05) is 7.05 Å². The summed E-state index contributed by atoms with van der Waals surface area (Å²) < 4.78 is 0. The number of aromatic amines is 1. The molecule has 17 heavy (non-hydrogen) atoms. The molecule has 1 atom stereocenters. The zero-order chi connectivity index (χ0) is 11.7. The van der Waals surface area contributed by atoms with E-state index in [0.29, 0.717) is 6.04 Å². The number of likely N-dealkylation sites (N-methyl/N-ethyl adjacent to an activating group) is 1. The first kappa shape index (κ1) is 10.4. The predicted octanol–water partition coefficient (Wildman–Crippen LogP) is 3.10. The Balaban J connectivity index is 2.08. The third-order valence-corrected chi connectivity index (χ3v) is 3.35. The third-order valence-electron chi connectivity index (χ3n) is 3.35. The molecule has 0 bridgehead atoms. The highest BCUT2D eigenvalue weighted by Gasteiger charge is 2.16. The SMILES string of the molecule is CNC1CC=CC=C1c1cc2ccccc2[nH]1. The number of H-pyrrole nitrogens is 1. The lowest BCUT2D eigenvalue weighted by Crippen LogP contribution is -2.27. The van der Waals surface area contributed by atoms with Gasteiger partial charge in [-0.1, -0.05) is 36.4 Å². The van der Waals surface area contributed by atoms with Crippen LogP contribution < -0.4 is 5.32 Å². The molecule has 0 fully saturated rings. The van der Waals surface area contributed by atoms with Crippen LogP contribution in [-0.4, -0.2) is 18.1 Å². The van der Waals surface area contributed by atoms with Crippen LogP contribution >= 0.6 is 0 Å². The van der Waals surface area contributed by atoms with Crippen molar-refractivity contribution in [2.75, 3.05) is 7.05 Å². The van der Waals surface area contributed by atoms with E-state index in [1.54, 1.807) is 0 Å². The molecule has 1 aliphatic carbocycles. The molecule has 1 aliphatic rings. The van der Waals surface area contributed by atoms with Crippen LogP contribution in [0.15, 0.2) is 48.6 Å². The zero-order valence-electron chi connectivity index (χ0n) is 9.90. The van der Waals surface area contributed by atoms with Crippen molar-refractivity contribution in [3.63, 3.8) is 0 Å². The summed E-state index contributed by atoms with van der Waals surface area (Å²) in [6.45, 7) is 0. The van der Waals surface area contributed by atoms with Crippen LogP contribution in [0.2, 0.25) is 0 Å².